The van der Waals surface area contributed by atoms with Gasteiger partial charge in [0.25, 0.3) is 0 Å². The van der Waals surface area contributed by atoms with Crippen LogP contribution in [0.25, 0.3) is 0 Å². The van der Waals surface area contributed by atoms with Crippen molar-refractivity contribution >= 4 is 35.5 Å². The van der Waals surface area contributed by atoms with Crippen LogP contribution in [0.2, 0.25) is 0 Å². The maximum atomic E-state index is 12.9. The molecular weight excluding hydrogens is 581 g/mol. The molecule has 1 atom stereocenters. The van der Waals surface area contributed by atoms with Crippen molar-refractivity contribution in [1.82, 2.24) is 0 Å². The molecule has 43 heavy (non-hydrogen) atoms. The minimum Gasteiger partial charge on any atom is -0.247 e. The van der Waals surface area contributed by atoms with E-state index in [0.717, 1.165) is 17.9 Å². The summed E-state index contributed by atoms with van der Waals surface area (Å²) in [6, 6.07) is 0. The van der Waals surface area contributed by atoms with Crippen molar-refractivity contribution in [3.63, 3.8) is 0 Å². The summed E-state index contributed by atoms with van der Waals surface area (Å²) in [5, 5.41) is 0. The van der Waals surface area contributed by atoms with Crippen LogP contribution >= 0.6 is 23.5 Å². The van der Waals surface area contributed by atoms with Gasteiger partial charge in [0.15, 0.2) is 0 Å². The molecule has 8 heteroatoms. The van der Waals surface area contributed by atoms with Crippen LogP contribution in [0, 0.1) is 11.3 Å². The second-order valence-corrected chi connectivity index (χ2v) is 15.9. The summed E-state index contributed by atoms with van der Waals surface area (Å²) in [6.45, 7) is 10.8. The second kappa shape index (κ2) is 25.7. The Labute approximate surface area is 273 Å². The Morgan fingerprint density at radius 3 is 1.47 bits per heavy atom. The highest BCUT2D eigenvalue weighted by Crippen LogP contribution is 2.35. The van der Waals surface area contributed by atoms with E-state index in [4.69, 9.17) is 19.6 Å². The Hall–Kier alpha value is -0.440. The normalized spacial score (nSPS) is 14.9. The second-order valence-electron chi connectivity index (χ2n) is 13.6. The Morgan fingerprint density at radius 2 is 1.05 bits per heavy atom. The molecule has 0 N–H and O–H groups in total. The van der Waals surface area contributed by atoms with Crippen LogP contribution < -0.4 is 0 Å². The summed E-state index contributed by atoms with van der Waals surface area (Å²) >= 11 is 3.40. The molecule has 1 saturated heterocycles. The Morgan fingerprint density at radius 1 is 0.628 bits per heavy atom. The molecule has 1 unspecified atom stereocenters. The van der Waals surface area contributed by atoms with Crippen LogP contribution in [0.3, 0.4) is 0 Å². The molecule has 0 amide bonds. The standard InChI is InChI=1S/C35H66O6S2/c1-6-8-10-12-14-16-18-20-22-24-26-42-29-31(28-34(3,4)5)32(36)38-39-33(37)35(40-41-35)30-43-27-25-23-21-19-17-15-13-11-9-7-2/h31H,6-30H2,1-5H3. The zero-order valence-corrected chi connectivity index (χ0v) is 30.2. The fraction of sp³-hybridized carbons (Fsp3) is 0.943. The third-order valence-electron chi connectivity index (χ3n) is 7.88. The average Bonchev–Trinajstić information content (AvgIpc) is 3.76. The molecule has 0 aromatic rings. The molecule has 0 radical (unpaired) electrons. The molecule has 0 aromatic heterocycles. The molecule has 0 bridgehead atoms. The minimum atomic E-state index is -1.44. The van der Waals surface area contributed by atoms with E-state index in [1.807, 2.05) is 0 Å². The molecule has 254 valence electrons. The summed E-state index contributed by atoms with van der Waals surface area (Å²) in [5.74, 6) is -0.0838. The minimum absolute atomic E-state index is 0.0411. The summed E-state index contributed by atoms with van der Waals surface area (Å²) in [4.78, 5) is 45.4. The summed E-state index contributed by atoms with van der Waals surface area (Å²) in [7, 11) is 0. The number of thioether (sulfide) groups is 2. The van der Waals surface area contributed by atoms with Crippen LogP contribution in [0.1, 0.15) is 169 Å². The van der Waals surface area contributed by atoms with Crippen LogP contribution in [0.5, 0.6) is 0 Å². The monoisotopic (exact) mass is 646 g/mol. The first-order valence-electron chi connectivity index (χ1n) is 17.7. The molecule has 1 aliphatic rings. The zero-order chi connectivity index (χ0) is 31.7. The predicted octanol–water partition coefficient (Wildman–Crippen LogP) is 11.0. The number of rotatable bonds is 29. The summed E-state index contributed by atoms with van der Waals surface area (Å²) in [5.41, 5.74) is -0.0411. The lowest BCUT2D eigenvalue weighted by Crippen LogP contribution is -2.32. The third-order valence-corrected chi connectivity index (χ3v) is 10.3. The van der Waals surface area contributed by atoms with E-state index in [-0.39, 0.29) is 11.3 Å². The van der Waals surface area contributed by atoms with Crippen LogP contribution in [0.4, 0.5) is 0 Å². The van der Waals surface area contributed by atoms with Gasteiger partial charge in [0.05, 0.1) is 11.7 Å². The van der Waals surface area contributed by atoms with Gasteiger partial charge in [-0.1, -0.05) is 150 Å². The van der Waals surface area contributed by atoms with Crippen molar-refractivity contribution in [1.29, 1.82) is 0 Å². The predicted molar refractivity (Wildman–Crippen MR) is 183 cm³/mol. The van der Waals surface area contributed by atoms with Crippen LogP contribution in [-0.2, 0) is 29.1 Å². The SMILES string of the molecule is CCCCCCCCCCCCSCC(CC(C)(C)C)C(=O)OOC(=O)C1(CSCCCCCCCCCCCC)OO1. The first-order chi connectivity index (χ1) is 20.7. The highest BCUT2D eigenvalue weighted by Gasteiger charge is 2.59. The molecule has 1 fully saturated rings. The molecule has 6 nitrogen and oxygen atoms in total. The van der Waals surface area contributed by atoms with Gasteiger partial charge in [0.1, 0.15) is 0 Å². The van der Waals surface area contributed by atoms with Gasteiger partial charge in [-0.25, -0.2) is 19.4 Å². The topological polar surface area (TPSA) is 77.7 Å². The van der Waals surface area contributed by atoms with Gasteiger partial charge in [-0.15, -0.1) is 0 Å². The highest BCUT2D eigenvalue weighted by molar-refractivity contribution is 7.99. The number of hydrogen-bond donors (Lipinski definition) is 0. The lowest BCUT2D eigenvalue weighted by molar-refractivity contribution is -0.266. The third kappa shape index (κ3) is 22.7. The summed E-state index contributed by atoms with van der Waals surface area (Å²) in [6.07, 6.45) is 26.8. The van der Waals surface area contributed by atoms with E-state index in [9.17, 15) is 9.59 Å². The van der Waals surface area contributed by atoms with Crippen molar-refractivity contribution < 1.29 is 29.1 Å². The van der Waals surface area contributed by atoms with E-state index in [2.05, 4.69) is 34.6 Å². The van der Waals surface area contributed by atoms with E-state index in [1.54, 1.807) is 23.5 Å². The van der Waals surface area contributed by atoms with Gasteiger partial charge in [0, 0.05) is 5.75 Å². The van der Waals surface area contributed by atoms with Gasteiger partial charge in [-0.3, -0.25) is 0 Å². The van der Waals surface area contributed by atoms with E-state index in [0.29, 0.717) is 17.9 Å². The quantitative estimate of drug-likeness (QED) is 0.0344. The number of unbranched alkanes of at least 4 members (excludes halogenated alkanes) is 18. The molecular formula is C35H66O6S2. The van der Waals surface area contributed by atoms with Gasteiger partial charge in [-0.05, 0) is 36.2 Å². The Balaban J connectivity index is 2.19. The van der Waals surface area contributed by atoms with Crippen LogP contribution in [0.15, 0.2) is 0 Å². The molecule has 1 heterocycles. The maximum Gasteiger partial charge on any atom is 0.421 e. The van der Waals surface area contributed by atoms with Crippen molar-refractivity contribution in [3.05, 3.63) is 0 Å². The number of carbonyl (C=O) groups excluding carboxylic acids is 2. The number of hydrogen-bond acceptors (Lipinski definition) is 8. The van der Waals surface area contributed by atoms with Crippen molar-refractivity contribution in [3.8, 4) is 0 Å². The van der Waals surface area contributed by atoms with Crippen LogP contribution in [-0.4, -0.2) is 40.7 Å². The lowest BCUT2D eigenvalue weighted by atomic mass is 9.85. The molecule has 1 rings (SSSR count). The average molecular weight is 647 g/mol. The first kappa shape index (κ1) is 40.6. The fourth-order valence-corrected chi connectivity index (χ4v) is 7.35. The van der Waals surface area contributed by atoms with Gasteiger partial charge >= 0.3 is 17.7 Å². The summed E-state index contributed by atoms with van der Waals surface area (Å²) < 4.78 is 0. The van der Waals surface area contributed by atoms with Gasteiger partial charge in [0.2, 0.25) is 0 Å². The Kier molecular flexibility index (Phi) is 24.3. The fourth-order valence-electron chi connectivity index (χ4n) is 5.20. The molecule has 0 saturated carbocycles. The molecule has 0 aromatic carbocycles. The molecule has 0 aliphatic carbocycles. The smallest absolute Gasteiger partial charge is 0.247 e. The van der Waals surface area contributed by atoms with Gasteiger partial charge < -0.3 is 0 Å². The Bertz CT molecular complexity index is 692. The van der Waals surface area contributed by atoms with Gasteiger partial charge in [-0.2, -0.15) is 33.3 Å². The lowest BCUT2D eigenvalue weighted by Gasteiger charge is -2.23. The number of carbonyl (C=O) groups is 2. The van der Waals surface area contributed by atoms with E-state index >= 15 is 0 Å². The molecule has 1 aliphatic heterocycles. The highest BCUT2D eigenvalue weighted by atomic mass is 32.2. The van der Waals surface area contributed by atoms with E-state index in [1.165, 1.54) is 122 Å². The zero-order valence-electron chi connectivity index (χ0n) is 28.5. The van der Waals surface area contributed by atoms with Crippen molar-refractivity contribution in [2.24, 2.45) is 11.3 Å². The maximum absolute atomic E-state index is 12.9. The van der Waals surface area contributed by atoms with Crippen molar-refractivity contribution in [2.45, 2.75) is 175 Å². The van der Waals surface area contributed by atoms with E-state index < -0.39 is 17.7 Å². The largest absolute Gasteiger partial charge is 0.421 e. The first-order valence-corrected chi connectivity index (χ1v) is 20.0. The molecule has 0 spiro atoms. The van der Waals surface area contributed by atoms with Crippen molar-refractivity contribution in [2.75, 3.05) is 23.0 Å².